The van der Waals surface area contributed by atoms with Gasteiger partial charge in [-0.3, -0.25) is 0 Å². The van der Waals surface area contributed by atoms with Gasteiger partial charge in [0, 0.05) is 0 Å². The van der Waals surface area contributed by atoms with Crippen LogP contribution in [0.1, 0.15) is 65.7 Å². The van der Waals surface area contributed by atoms with Gasteiger partial charge in [-0.2, -0.15) is 0 Å². The minimum absolute atomic E-state index is 0.135. The second kappa shape index (κ2) is 11.4. The van der Waals surface area contributed by atoms with E-state index in [0.717, 1.165) is 12.3 Å². The van der Waals surface area contributed by atoms with Crippen LogP contribution in [-0.2, 0) is 4.74 Å². The summed E-state index contributed by atoms with van der Waals surface area (Å²) in [6.07, 6.45) is 9.55. The third-order valence-corrected chi connectivity index (χ3v) is 3.03. The molecule has 0 rings (SSSR count). The van der Waals surface area contributed by atoms with Gasteiger partial charge in [0.1, 0.15) is 0 Å². The lowest BCUT2D eigenvalue weighted by atomic mass is 9.97. The van der Waals surface area contributed by atoms with Gasteiger partial charge in [-0.15, -0.1) is 0 Å². The molecule has 0 aliphatic heterocycles. The highest BCUT2D eigenvalue weighted by atomic mass is 16.5. The number of aliphatic hydroxyl groups is 1. The fourth-order valence-corrected chi connectivity index (χ4v) is 2.10. The van der Waals surface area contributed by atoms with E-state index in [1.807, 2.05) is 0 Å². The Morgan fingerprint density at radius 2 is 1.75 bits per heavy atom. The van der Waals surface area contributed by atoms with Crippen LogP contribution >= 0.6 is 0 Å². The van der Waals surface area contributed by atoms with Crippen molar-refractivity contribution in [1.29, 1.82) is 0 Å². The number of ether oxygens (including phenoxy) is 1. The minimum Gasteiger partial charge on any atom is -0.394 e. The van der Waals surface area contributed by atoms with Crippen molar-refractivity contribution in [2.24, 2.45) is 5.92 Å². The van der Waals surface area contributed by atoms with Crippen molar-refractivity contribution >= 4 is 0 Å². The van der Waals surface area contributed by atoms with Gasteiger partial charge in [0.15, 0.2) is 0 Å². The van der Waals surface area contributed by atoms with E-state index in [1.54, 1.807) is 0 Å². The van der Waals surface area contributed by atoms with Crippen molar-refractivity contribution in [1.82, 2.24) is 0 Å². The van der Waals surface area contributed by atoms with E-state index in [0.29, 0.717) is 6.61 Å². The summed E-state index contributed by atoms with van der Waals surface area (Å²) < 4.78 is 5.46. The summed E-state index contributed by atoms with van der Waals surface area (Å²) in [5.41, 5.74) is 0. The number of aliphatic hydroxyl groups excluding tert-OH is 1. The van der Waals surface area contributed by atoms with Crippen molar-refractivity contribution in [3.8, 4) is 0 Å². The fraction of sp³-hybridized carbons (Fsp3) is 1.00. The third-order valence-electron chi connectivity index (χ3n) is 3.03. The third kappa shape index (κ3) is 10.4. The molecule has 0 aliphatic carbocycles. The molecular formula is C14H30O2. The van der Waals surface area contributed by atoms with Crippen LogP contribution in [0.25, 0.3) is 0 Å². The molecule has 98 valence electrons. The lowest BCUT2D eigenvalue weighted by Crippen LogP contribution is -2.15. The van der Waals surface area contributed by atoms with Crippen molar-refractivity contribution in [3.63, 3.8) is 0 Å². The van der Waals surface area contributed by atoms with Gasteiger partial charge in [0.05, 0.1) is 19.3 Å². The lowest BCUT2D eigenvalue weighted by Gasteiger charge is -2.17. The highest BCUT2D eigenvalue weighted by molar-refractivity contribution is 4.59. The smallest absolute Gasteiger partial charge is 0.0701 e. The summed E-state index contributed by atoms with van der Waals surface area (Å²) >= 11 is 0. The zero-order valence-corrected chi connectivity index (χ0v) is 11.4. The van der Waals surface area contributed by atoms with Crippen molar-refractivity contribution in [2.45, 2.75) is 71.8 Å². The maximum Gasteiger partial charge on any atom is 0.0701 e. The molecule has 0 amide bonds. The SMILES string of the molecule is CCCCCCCC(C)CC(C)OCCO. The molecule has 0 fully saturated rings. The van der Waals surface area contributed by atoms with Crippen LogP contribution in [0.15, 0.2) is 0 Å². The molecule has 0 aliphatic rings. The zero-order valence-electron chi connectivity index (χ0n) is 11.4. The first-order chi connectivity index (χ1) is 7.70. The summed E-state index contributed by atoms with van der Waals surface area (Å²) in [6.45, 7) is 7.27. The topological polar surface area (TPSA) is 29.5 Å². The van der Waals surface area contributed by atoms with E-state index in [9.17, 15) is 0 Å². The Bertz CT molecular complexity index is 137. The fourth-order valence-electron chi connectivity index (χ4n) is 2.10. The average Bonchev–Trinajstić information content (AvgIpc) is 2.26. The van der Waals surface area contributed by atoms with E-state index in [4.69, 9.17) is 9.84 Å². The van der Waals surface area contributed by atoms with Crippen molar-refractivity contribution in [3.05, 3.63) is 0 Å². The number of hydrogen-bond acceptors (Lipinski definition) is 2. The van der Waals surface area contributed by atoms with Crippen LogP contribution in [-0.4, -0.2) is 24.4 Å². The quantitative estimate of drug-likeness (QED) is 0.547. The van der Waals surface area contributed by atoms with Crippen molar-refractivity contribution in [2.75, 3.05) is 13.2 Å². The summed E-state index contributed by atoms with van der Waals surface area (Å²) in [4.78, 5) is 0. The molecule has 16 heavy (non-hydrogen) atoms. The second-order valence-electron chi connectivity index (χ2n) is 4.95. The monoisotopic (exact) mass is 230 g/mol. The van der Waals surface area contributed by atoms with Gasteiger partial charge >= 0.3 is 0 Å². The van der Waals surface area contributed by atoms with Crippen LogP contribution in [0, 0.1) is 5.92 Å². The molecule has 0 saturated heterocycles. The van der Waals surface area contributed by atoms with Gasteiger partial charge in [-0.25, -0.2) is 0 Å². The van der Waals surface area contributed by atoms with Gasteiger partial charge in [0.2, 0.25) is 0 Å². The van der Waals surface area contributed by atoms with Gasteiger partial charge in [-0.1, -0.05) is 52.4 Å². The van der Waals surface area contributed by atoms with Gasteiger partial charge in [0.25, 0.3) is 0 Å². The maximum absolute atomic E-state index is 8.65. The van der Waals surface area contributed by atoms with Crippen LogP contribution in [0.2, 0.25) is 0 Å². The molecule has 2 atom stereocenters. The summed E-state index contributed by atoms with van der Waals surface area (Å²) in [5, 5.41) is 8.65. The van der Waals surface area contributed by atoms with Gasteiger partial charge < -0.3 is 9.84 Å². The Kier molecular flexibility index (Phi) is 11.3. The maximum atomic E-state index is 8.65. The molecule has 2 nitrogen and oxygen atoms in total. The molecule has 0 spiro atoms. The van der Waals surface area contributed by atoms with E-state index in [1.165, 1.54) is 38.5 Å². The van der Waals surface area contributed by atoms with E-state index >= 15 is 0 Å². The Balaban J connectivity index is 3.32. The average molecular weight is 230 g/mol. The standard InChI is InChI=1S/C14H30O2/c1-4-5-6-7-8-9-13(2)12-14(3)16-11-10-15/h13-15H,4-12H2,1-3H3. The molecule has 0 saturated carbocycles. The molecule has 0 aromatic rings. The molecule has 1 N–H and O–H groups in total. The number of unbranched alkanes of at least 4 members (excludes halogenated alkanes) is 4. The molecule has 0 bridgehead atoms. The summed E-state index contributed by atoms with van der Waals surface area (Å²) in [7, 11) is 0. The molecule has 0 heterocycles. The summed E-state index contributed by atoms with van der Waals surface area (Å²) in [5.74, 6) is 0.746. The Hall–Kier alpha value is -0.0800. The molecular weight excluding hydrogens is 200 g/mol. The Labute approximate surface area is 101 Å². The number of hydrogen-bond donors (Lipinski definition) is 1. The number of rotatable bonds is 11. The van der Waals surface area contributed by atoms with Gasteiger partial charge in [-0.05, 0) is 19.3 Å². The predicted octanol–water partition coefficient (Wildman–Crippen LogP) is 3.77. The highest BCUT2D eigenvalue weighted by Gasteiger charge is 2.08. The van der Waals surface area contributed by atoms with Crippen LogP contribution in [0.3, 0.4) is 0 Å². The molecule has 2 unspecified atom stereocenters. The van der Waals surface area contributed by atoms with Crippen LogP contribution < -0.4 is 0 Å². The molecule has 2 heteroatoms. The first-order valence-corrected chi connectivity index (χ1v) is 6.93. The normalized spacial score (nSPS) is 15.0. The first kappa shape index (κ1) is 15.9. The molecule has 0 radical (unpaired) electrons. The Morgan fingerprint density at radius 3 is 2.38 bits per heavy atom. The largest absolute Gasteiger partial charge is 0.394 e. The Morgan fingerprint density at radius 1 is 1.06 bits per heavy atom. The molecule has 0 aromatic carbocycles. The van der Waals surface area contributed by atoms with Crippen molar-refractivity contribution < 1.29 is 9.84 Å². The van der Waals surface area contributed by atoms with Crippen LogP contribution in [0.5, 0.6) is 0 Å². The summed E-state index contributed by atoms with van der Waals surface area (Å²) in [6, 6.07) is 0. The zero-order chi connectivity index (χ0) is 12.2. The highest BCUT2D eigenvalue weighted by Crippen LogP contribution is 2.17. The van der Waals surface area contributed by atoms with Crippen LogP contribution in [0.4, 0.5) is 0 Å². The molecule has 0 aromatic heterocycles. The first-order valence-electron chi connectivity index (χ1n) is 6.93. The predicted molar refractivity (Wildman–Crippen MR) is 69.7 cm³/mol. The van der Waals surface area contributed by atoms with E-state index in [-0.39, 0.29) is 12.7 Å². The van der Waals surface area contributed by atoms with E-state index in [2.05, 4.69) is 20.8 Å². The second-order valence-corrected chi connectivity index (χ2v) is 4.95. The minimum atomic E-state index is 0.135. The van der Waals surface area contributed by atoms with E-state index < -0.39 is 0 Å². The lowest BCUT2D eigenvalue weighted by molar-refractivity contribution is 0.0262.